The van der Waals surface area contributed by atoms with Crippen molar-refractivity contribution in [2.24, 2.45) is 4.99 Å². The molecule has 0 spiro atoms. The molecular formula is C36H46Cl2N6O4. The second-order valence-electron chi connectivity index (χ2n) is 13.5. The third-order valence-electron chi connectivity index (χ3n) is 9.32. The van der Waals surface area contributed by atoms with Gasteiger partial charge in [0.15, 0.2) is 0 Å². The van der Waals surface area contributed by atoms with Gasteiger partial charge in [-0.2, -0.15) is 4.98 Å². The van der Waals surface area contributed by atoms with E-state index in [0.29, 0.717) is 79.1 Å². The zero-order chi connectivity index (χ0) is 34.7. The van der Waals surface area contributed by atoms with Gasteiger partial charge in [-0.25, -0.2) is 9.78 Å². The Morgan fingerprint density at radius 1 is 0.938 bits per heavy atom. The smallest absolute Gasteiger partial charge is 0.326 e. The number of benzene rings is 2. The minimum absolute atomic E-state index is 0.00168. The number of aliphatic imine (C=N–C) groups is 1. The maximum Gasteiger partial charge on any atom is 0.326 e. The van der Waals surface area contributed by atoms with Crippen LogP contribution >= 0.6 is 23.2 Å². The van der Waals surface area contributed by atoms with Gasteiger partial charge >= 0.3 is 6.03 Å². The predicted molar refractivity (Wildman–Crippen MR) is 189 cm³/mol. The summed E-state index contributed by atoms with van der Waals surface area (Å²) in [6.45, 7) is 16.5. The summed E-state index contributed by atoms with van der Waals surface area (Å²) in [6, 6.07) is 15.1. The van der Waals surface area contributed by atoms with Crippen LogP contribution in [-0.2, 0) is 21.2 Å². The fourth-order valence-electron chi connectivity index (χ4n) is 6.36. The van der Waals surface area contributed by atoms with E-state index in [4.69, 9.17) is 52.7 Å². The molecule has 1 N–H and O–H groups in total. The van der Waals surface area contributed by atoms with E-state index in [1.54, 1.807) is 6.20 Å². The van der Waals surface area contributed by atoms with Gasteiger partial charge < -0.3 is 19.5 Å². The number of nitrogens with zero attached hydrogens (tertiary/aromatic N) is 6. The van der Waals surface area contributed by atoms with Crippen LogP contribution in [0, 0.1) is 0 Å². The number of amides is 2. The van der Waals surface area contributed by atoms with Crippen LogP contribution in [0.15, 0.2) is 59.7 Å². The predicted octanol–water partition coefficient (Wildman–Crippen LogP) is 6.12. The normalized spacial score (nSPS) is 21.8. The molecule has 10 nitrogen and oxygen atoms in total. The molecule has 2 aliphatic heterocycles. The number of amidine groups is 1. The van der Waals surface area contributed by atoms with E-state index < -0.39 is 11.1 Å². The summed E-state index contributed by atoms with van der Waals surface area (Å²) in [6.07, 6.45) is 1.73. The molecule has 2 amide bonds. The third kappa shape index (κ3) is 7.05. The van der Waals surface area contributed by atoms with E-state index in [9.17, 15) is 0 Å². The number of piperazine rings is 1. The van der Waals surface area contributed by atoms with Crippen molar-refractivity contribution in [3.63, 3.8) is 0 Å². The van der Waals surface area contributed by atoms with Crippen LogP contribution in [-0.4, -0.2) is 101 Å². The molecular weight excluding hydrogens is 651 g/mol. The van der Waals surface area contributed by atoms with E-state index in [1.807, 2.05) is 92.9 Å². The molecule has 1 fully saturated rings. The van der Waals surface area contributed by atoms with Gasteiger partial charge in [-0.05, 0) is 56.2 Å². The van der Waals surface area contributed by atoms with Crippen molar-refractivity contribution in [2.45, 2.75) is 58.0 Å². The number of aliphatic hydroxyl groups excluding tert-OH is 1. The Bertz CT molecular complexity index is 1610. The van der Waals surface area contributed by atoms with Crippen LogP contribution in [0.3, 0.4) is 0 Å². The van der Waals surface area contributed by atoms with Crippen molar-refractivity contribution in [2.75, 3.05) is 59.2 Å². The quantitative estimate of drug-likeness (QED) is 0.255. The zero-order valence-corrected chi connectivity index (χ0v) is 30.2. The Hall–Kier alpha value is -3.28. The highest BCUT2D eigenvalue weighted by Gasteiger charge is 2.60. The first kappa shape index (κ1) is 36.0. The lowest BCUT2D eigenvalue weighted by molar-refractivity contribution is 0.0549. The van der Waals surface area contributed by atoms with Crippen molar-refractivity contribution >= 4 is 35.1 Å². The second kappa shape index (κ2) is 14.7. The maximum absolute atomic E-state index is 15.1. The second-order valence-corrected chi connectivity index (χ2v) is 14.3. The van der Waals surface area contributed by atoms with Crippen LogP contribution in [0.5, 0.6) is 5.88 Å². The van der Waals surface area contributed by atoms with Gasteiger partial charge in [0, 0.05) is 54.4 Å². The van der Waals surface area contributed by atoms with Crippen LogP contribution in [0.1, 0.15) is 64.1 Å². The molecule has 0 saturated carbocycles. The molecule has 2 atom stereocenters. The van der Waals surface area contributed by atoms with Gasteiger partial charge in [0.1, 0.15) is 22.7 Å². The molecule has 2 aliphatic rings. The topological polar surface area (TPSA) is 104 Å². The number of halogens is 2. The Morgan fingerprint density at radius 2 is 1.54 bits per heavy atom. The number of carbonyl (C=O) groups is 1. The van der Waals surface area contributed by atoms with Crippen LogP contribution in [0.2, 0.25) is 10.0 Å². The van der Waals surface area contributed by atoms with Crippen molar-refractivity contribution in [3.05, 3.63) is 87.3 Å². The lowest BCUT2D eigenvalue weighted by Gasteiger charge is -2.47. The standard InChI is InChI=1S/C36H46Cl2N6O4/c1-7-48-31-29(24-39-32(40-31)34(2,3)4)30-41-35(5,25-8-12-27(37)13-9-25)36(6,26-10-14-28(38)15-11-26)44(30)33(46)43-18-16-42(17-19-43)20-22-47-23-21-45/h8-15,24,45H,7,16-23H2,1-6H3. The highest BCUT2D eigenvalue weighted by molar-refractivity contribution is 6.30. The summed E-state index contributed by atoms with van der Waals surface area (Å²) >= 11 is 12.8. The fourth-order valence-corrected chi connectivity index (χ4v) is 6.61. The van der Waals surface area contributed by atoms with Gasteiger partial charge in [0.2, 0.25) is 5.88 Å². The number of aliphatic hydroxyl groups is 1. The molecule has 2 aromatic carbocycles. The minimum atomic E-state index is -1.03. The monoisotopic (exact) mass is 696 g/mol. The van der Waals surface area contributed by atoms with Crippen LogP contribution < -0.4 is 4.74 Å². The number of aromatic nitrogens is 2. The zero-order valence-electron chi connectivity index (χ0n) is 28.7. The first-order valence-corrected chi connectivity index (χ1v) is 17.2. The van der Waals surface area contributed by atoms with Crippen molar-refractivity contribution in [3.8, 4) is 5.88 Å². The molecule has 1 aromatic heterocycles. The number of rotatable bonds is 10. The highest BCUT2D eigenvalue weighted by atomic mass is 35.5. The third-order valence-corrected chi connectivity index (χ3v) is 9.82. The summed E-state index contributed by atoms with van der Waals surface area (Å²) in [4.78, 5) is 36.1. The number of urea groups is 1. The van der Waals surface area contributed by atoms with E-state index in [0.717, 1.165) is 17.7 Å². The largest absolute Gasteiger partial charge is 0.477 e. The first-order chi connectivity index (χ1) is 22.8. The molecule has 258 valence electrons. The molecule has 1 saturated heterocycles. The SMILES string of the molecule is CCOc1nc(C(C)(C)C)ncc1C1=NC(C)(c2ccc(Cl)cc2)C(C)(c2ccc(Cl)cc2)N1C(=O)N1CCN(CCOCCO)CC1. The molecule has 2 unspecified atom stereocenters. The lowest BCUT2D eigenvalue weighted by Crippen LogP contribution is -2.60. The van der Waals surface area contributed by atoms with Gasteiger partial charge in [-0.1, -0.05) is 68.2 Å². The molecule has 3 aromatic rings. The summed E-state index contributed by atoms with van der Waals surface area (Å²) in [5.74, 6) is 1.44. The average molecular weight is 698 g/mol. The van der Waals surface area contributed by atoms with Crippen molar-refractivity contribution in [1.82, 2.24) is 24.7 Å². The average Bonchev–Trinajstić information content (AvgIpc) is 3.31. The molecule has 5 rings (SSSR count). The number of carbonyl (C=O) groups excluding carboxylic acids is 1. The van der Waals surface area contributed by atoms with Gasteiger partial charge in [-0.3, -0.25) is 14.8 Å². The Labute approximate surface area is 293 Å². The van der Waals surface area contributed by atoms with E-state index in [2.05, 4.69) is 11.8 Å². The maximum atomic E-state index is 15.1. The Morgan fingerprint density at radius 3 is 2.10 bits per heavy atom. The Kier molecular flexibility index (Phi) is 11.0. The summed E-state index contributed by atoms with van der Waals surface area (Å²) in [7, 11) is 0. The fraction of sp³-hybridized carbons (Fsp3) is 0.500. The van der Waals surface area contributed by atoms with E-state index in [1.165, 1.54) is 0 Å². The van der Waals surface area contributed by atoms with Gasteiger partial charge in [0.25, 0.3) is 0 Å². The molecule has 0 bridgehead atoms. The summed E-state index contributed by atoms with van der Waals surface area (Å²) < 4.78 is 11.6. The number of hydrogen-bond acceptors (Lipinski definition) is 8. The van der Waals surface area contributed by atoms with Crippen molar-refractivity contribution in [1.29, 1.82) is 0 Å². The summed E-state index contributed by atoms with van der Waals surface area (Å²) in [5.41, 5.74) is -0.0454. The van der Waals surface area contributed by atoms with E-state index in [-0.39, 0.29) is 18.1 Å². The lowest BCUT2D eigenvalue weighted by atomic mass is 9.71. The highest BCUT2D eigenvalue weighted by Crippen LogP contribution is 2.54. The van der Waals surface area contributed by atoms with E-state index >= 15 is 4.79 Å². The molecule has 0 aliphatic carbocycles. The molecule has 12 heteroatoms. The molecule has 3 heterocycles. The molecule has 48 heavy (non-hydrogen) atoms. The van der Waals surface area contributed by atoms with Gasteiger partial charge in [-0.15, -0.1) is 0 Å². The first-order valence-electron chi connectivity index (χ1n) is 16.5. The van der Waals surface area contributed by atoms with Crippen LogP contribution in [0.4, 0.5) is 4.79 Å². The van der Waals surface area contributed by atoms with Crippen LogP contribution in [0.25, 0.3) is 0 Å². The Balaban J connectivity index is 1.66. The van der Waals surface area contributed by atoms with Crippen molar-refractivity contribution < 1.29 is 19.4 Å². The molecule has 0 radical (unpaired) electrons. The number of ether oxygens (including phenoxy) is 2. The number of hydrogen-bond donors (Lipinski definition) is 1. The van der Waals surface area contributed by atoms with Gasteiger partial charge in [0.05, 0.1) is 32.0 Å². The minimum Gasteiger partial charge on any atom is -0.477 e. The summed E-state index contributed by atoms with van der Waals surface area (Å²) in [5, 5.41) is 10.2.